The van der Waals surface area contributed by atoms with Gasteiger partial charge in [-0.1, -0.05) is 27.5 Å². The van der Waals surface area contributed by atoms with Gasteiger partial charge in [-0.2, -0.15) is 0 Å². The molecule has 0 bridgehead atoms. The van der Waals surface area contributed by atoms with Gasteiger partial charge in [-0.3, -0.25) is 4.79 Å². The monoisotopic (exact) mass is 368 g/mol. The third-order valence-corrected chi connectivity index (χ3v) is 3.55. The van der Waals surface area contributed by atoms with E-state index in [0.717, 1.165) is 11.3 Å². The smallest absolute Gasteiger partial charge is 0.274 e. The van der Waals surface area contributed by atoms with Crippen molar-refractivity contribution in [1.29, 1.82) is 0 Å². The molecule has 21 heavy (non-hydrogen) atoms. The van der Waals surface area contributed by atoms with Crippen molar-refractivity contribution in [1.82, 2.24) is 4.98 Å². The van der Waals surface area contributed by atoms with Crippen LogP contribution in [0.2, 0.25) is 5.02 Å². The second kappa shape index (κ2) is 7.43. The predicted molar refractivity (Wildman–Crippen MR) is 87.4 cm³/mol. The Kier molecular flexibility index (Phi) is 5.59. The third kappa shape index (κ3) is 4.19. The molecule has 0 radical (unpaired) electrons. The van der Waals surface area contributed by atoms with E-state index in [1.165, 1.54) is 6.20 Å². The zero-order chi connectivity index (χ0) is 15.2. The lowest BCUT2D eigenvalue weighted by atomic mass is 10.2. The molecule has 6 heteroatoms. The summed E-state index contributed by atoms with van der Waals surface area (Å²) in [6.45, 7) is 2.53. The Bertz CT molecular complexity index is 632. The molecule has 1 aromatic heterocycles. The molecule has 1 amide bonds. The third-order valence-electron chi connectivity index (χ3n) is 2.72. The molecule has 2 rings (SSSR count). The van der Waals surface area contributed by atoms with Gasteiger partial charge in [0.25, 0.3) is 5.91 Å². The maximum atomic E-state index is 12.1. The summed E-state index contributed by atoms with van der Waals surface area (Å²) in [7, 11) is 0. The number of hydrogen-bond donors (Lipinski definition) is 1. The van der Waals surface area contributed by atoms with E-state index in [4.69, 9.17) is 16.3 Å². The Morgan fingerprint density at radius 1 is 1.38 bits per heavy atom. The van der Waals surface area contributed by atoms with Crippen LogP contribution in [0, 0.1) is 0 Å². The first-order valence-electron chi connectivity index (χ1n) is 6.38. The van der Waals surface area contributed by atoms with Crippen molar-refractivity contribution in [3.63, 3.8) is 0 Å². The van der Waals surface area contributed by atoms with Gasteiger partial charge in [-0.05, 0) is 37.3 Å². The number of ether oxygens (including phenoxy) is 1. The number of hydrogen-bond acceptors (Lipinski definition) is 3. The summed E-state index contributed by atoms with van der Waals surface area (Å²) in [5.74, 6) is 0.522. The van der Waals surface area contributed by atoms with Crippen molar-refractivity contribution in [2.75, 3.05) is 11.9 Å². The van der Waals surface area contributed by atoms with Crippen LogP contribution in [-0.2, 0) is 5.33 Å². The van der Waals surface area contributed by atoms with E-state index in [2.05, 4.69) is 26.2 Å². The van der Waals surface area contributed by atoms with Crippen LogP contribution >= 0.6 is 27.5 Å². The first kappa shape index (κ1) is 15.8. The van der Waals surface area contributed by atoms with E-state index in [9.17, 15) is 4.79 Å². The molecule has 0 saturated heterocycles. The number of benzene rings is 1. The quantitative estimate of drug-likeness (QED) is 0.800. The molecule has 0 aliphatic heterocycles. The SMILES string of the molecule is CCOc1ccc(NC(=O)c2ccc(Cl)cn2)cc1CBr. The van der Waals surface area contributed by atoms with Crippen molar-refractivity contribution in [2.45, 2.75) is 12.3 Å². The molecule has 1 N–H and O–H groups in total. The van der Waals surface area contributed by atoms with E-state index in [1.54, 1.807) is 18.2 Å². The van der Waals surface area contributed by atoms with Crippen molar-refractivity contribution in [3.05, 3.63) is 52.8 Å². The number of amides is 1. The van der Waals surface area contributed by atoms with Crippen LogP contribution in [0.15, 0.2) is 36.5 Å². The fraction of sp³-hybridized carbons (Fsp3) is 0.200. The number of pyridine rings is 1. The molecule has 0 aliphatic carbocycles. The minimum Gasteiger partial charge on any atom is -0.494 e. The standard InChI is InChI=1S/C15H14BrClN2O2/c1-2-21-14-6-4-12(7-10(14)8-16)19-15(20)13-5-3-11(17)9-18-13/h3-7,9H,2,8H2,1H3,(H,19,20). The number of anilines is 1. The Morgan fingerprint density at radius 3 is 2.81 bits per heavy atom. The molecule has 0 fully saturated rings. The lowest BCUT2D eigenvalue weighted by molar-refractivity contribution is 0.102. The molecule has 2 aromatic rings. The number of carbonyl (C=O) groups excluding carboxylic acids is 1. The summed E-state index contributed by atoms with van der Waals surface area (Å²) in [5, 5.41) is 3.94. The fourth-order valence-electron chi connectivity index (χ4n) is 1.76. The number of carbonyl (C=O) groups is 1. The van der Waals surface area contributed by atoms with Gasteiger partial charge in [0.1, 0.15) is 11.4 Å². The summed E-state index contributed by atoms with van der Waals surface area (Å²) in [6, 6.07) is 8.72. The average molecular weight is 370 g/mol. The summed E-state index contributed by atoms with van der Waals surface area (Å²) < 4.78 is 5.52. The number of alkyl halides is 1. The largest absolute Gasteiger partial charge is 0.494 e. The fourth-order valence-corrected chi connectivity index (χ4v) is 2.31. The normalized spacial score (nSPS) is 10.2. The summed E-state index contributed by atoms with van der Waals surface area (Å²) >= 11 is 9.16. The summed E-state index contributed by atoms with van der Waals surface area (Å²) in [5.41, 5.74) is 1.97. The second-order valence-corrected chi connectivity index (χ2v) is 5.20. The van der Waals surface area contributed by atoms with Gasteiger partial charge in [0.2, 0.25) is 0 Å². The van der Waals surface area contributed by atoms with Crippen molar-refractivity contribution in [2.24, 2.45) is 0 Å². The number of nitrogens with zero attached hydrogens (tertiary/aromatic N) is 1. The van der Waals surface area contributed by atoms with E-state index < -0.39 is 0 Å². The van der Waals surface area contributed by atoms with E-state index in [0.29, 0.717) is 28.3 Å². The van der Waals surface area contributed by atoms with Crippen LogP contribution in [0.25, 0.3) is 0 Å². The second-order valence-electron chi connectivity index (χ2n) is 4.20. The molecule has 110 valence electrons. The van der Waals surface area contributed by atoms with Crippen molar-refractivity contribution in [3.8, 4) is 5.75 Å². The van der Waals surface area contributed by atoms with Crippen LogP contribution < -0.4 is 10.1 Å². The molecule has 0 saturated carbocycles. The lowest BCUT2D eigenvalue weighted by Gasteiger charge is -2.11. The summed E-state index contributed by atoms with van der Waals surface area (Å²) in [6.07, 6.45) is 1.44. The molecule has 4 nitrogen and oxygen atoms in total. The molecule has 0 atom stereocenters. The molecular formula is C15H14BrClN2O2. The zero-order valence-electron chi connectivity index (χ0n) is 11.4. The molecule has 0 aliphatic rings. The Balaban J connectivity index is 2.15. The molecule has 0 unspecified atom stereocenters. The maximum absolute atomic E-state index is 12.1. The predicted octanol–water partition coefficient (Wildman–Crippen LogP) is 4.28. The van der Waals surface area contributed by atoms with Crippen LogP contribution in [0.4, 0.5) is 5.69 Å². The van der Waals surface area contributed by atoms with E-state index in [1.807, 2.05) is 19.1 Å². The van der Waals surface area contributed by atoms with Crippen LogP contribution in [-0.4, -0.2) is 17.5 Å². The number of rotatable bonds is 5. The Hall–Kier alpha value is -1.59. The minimum atomic E-state index is -0.281. The van der Waals surface area contributed by atoms with E-state index >= 15 is 0 Å². The average Bonchev–Trinajstić information content (AvgIpc) is 2.49. The number of aromatic nitrogens is 1. The van der Waals surface area contributed by atoms with Gasteiger partial charge >= 0.3 is 0 Å². The summed E-state index contributed by atoms with van der Waals surface area (Å²) in [4.78, 5) is 16.1. The van der Waals surface area contributed by atoms with Gasteiger partial charge in [-0.15, -0.1) is 0 Å². The molecule has 0 spiro atoms. The lowest BCUT2D eigenvalue weighted by Crippen LogP contribution is -2.13. The highest BCUT2D eigenvalue weighted by Gasteiger charge is 2.09. The first-order chi connectivity index (χ1) is 10.1. The Labute approximate surface area is 136 Å². The number of halogens is 2. The first-order valence-corrected chi connectivity index (χ1v) is 7.88. The molecule has 1 heterocycles. The van der Waals surface area contributed by atoms with Gasteiger partial charge in [0.05, 0.1) is 11.6 Å². The zero-order valence-corrected chi connectivity index (χ0v) is 13.7. The highest BCUT2D eigenvalue weighted by molar-refractivity contribution is 9.08. The van der Waals surface area contributed by atoms with Crippen molar-refractivity contribution < 1.29 is 9.53 Å². The van der Waals surface area contributed by atoms with Crippen LogP contribution in [0.5, 0.6) is 5.75 Å². The van der Waals surface area contributed by atoms with Crippen LogP contribution in [0.3, 0.4) is 0 Å². The van der Waals surface area contributed by atoms with Gasteiger partial charge in [0, 0.05) is 22.8 Å². The van der Waals surface area contributed by atoms with Gasteiger partial charge in [-0.25, -0.2) is 4.98 Å². The molecular weight excluding hydrogens is 356 g/mol. The van der Waals surface area contributed by atoms with Gasteiger partial charge in [0.15, 0.2) is 0 Å². The number of nitrogens with one attached hydrogen (secondary N) is 1. The highest BCUT2D eigenvalue weighted by Crippen LogP contribution is 2.25. The maximum Gasteiger partial charge on any atom is 0.274 e. The minimum absolute atomic E-state index is 0.281. The highest BCUT2D eigenvalue weighted by atomic mass is 79.9. The molecule has 1 aromatic carbocycles. The van der Waals surface area contributed by atoms with Crippen LogP contribution in [0.1, 0.15) is 23.0 Å². The van der Waals surface area contributed by atoms with E-state index in [-0.39, 0.29) is 5.91 Å². The topological polar surface area (TPSA) is 51.2 Å². The Morgan fingerprint density at radius 2 is 2.19 bits per heavy atom. The van der Waals surface area contributed by atoms with Gasteiger partial charge < -0.3 is 10.1 Å². The van der Waals surface area contributed by atoms with Crippen molar-refractivity contribution >= 4 is 39.1 Å².